The highest BCUT2D eigenvalue weighted by Crippen LogP contribution is 2.60. The fourth-order valence-corrected chi connectivity index (χ4v) is 14.8. The Morgan fingerprint density at radius 2 is 1.26 bits per heavy atom. The quantitative estimate of drug-likeness (QED) is 0.0815. The molecule has 380 valence electrons. The standard InChI is InChI=1S/C52H46N6O14S2/c1-57(2)36-22-17-21-29(50-56-24-9-5-6-11-27(24)74-50)19-12-13-25(38(60)31(19)40(62)33(21)44(66)51(22,71)45(67)34(41(36)63)47(53)69)55-48(70)35-42(64)37(58(3)4)23-16-20-28(49-54-14-15-73-49)18-8-7-10-26(59)30(18)39(61)32(20)43(65)52(23,72)46(35)68/h5-15,20-23,28-29,36-37,59-60,63-66,71-72H,16-17H2,1-4H3,(H2,53,69)(H,55,70)/t20-,21-,22+,23+,28+,29+,36+,37+,51+,52+/m1/s1. The van der Waals surface area contributed by atoms with Crippen molar-refractivity contribution in [2.45, 2.75) is 48.0 Å². The monoisotopic (exact) mass is 1040 g/mol. The number of aliphatic hydroxyl groups excluding tert-OH is 4. The van der Waals surface area contributed by atoms with Crippen molar-refractivity contribution in [3.05, 3.63) is 144 Å². The van der Waals surface area contributed by atoms with E-state index >= 15 is 4.79 Å². The first kappa shape index (κ1) is 48.7. The molecule has 11 rings (SSSR count). The molecule has 2 amide bonds. The Bertz CT molecular complexity index is 3510. The second kappa shape index (κ2) is 16.7. The molecule has 0 bridgehead atoms. The average Bonchev–Trinajstić information content (AvgIpc) is 4.06. The first-order valence-corrected chi connectivity index (χ1v) is 25.0. The normalized spacial score (nSPS) is 29.6. The van der Waals surface area contributed by atoms with E-state index in [0.29, 0.717) is 21.1 Å². The van der Waals surface area contributed by atoms with E-state index in [1.54, 1.807) is 48.0 Å². The first-order valence-electron chi connectivity index (χ1n) is 23.3. The van der Waals surface area contributed by atoms with E-state index in [4.69, 9.17) is 10.7 Å². The van der Waals surface area contributed by atoms with Gasteiger partial charge in [0.25, 0.3) is 11.8 Å². The highest BCUT2D eigenvalue weighted by Gasteiger charge is 2.66. The fourth-order valence-electron chi connectivity index (χ4n) is 12.8. The van der Waals surface area contributed by atoms with Gasteiger partial charge in [-0.15, -0.1) is 22.7 Å². The number of nitrogens with one attached hydrogen (secondary N) is 1. The summed E-state index contributed by atoms with van der Waals surface area (Å²) in [6.07, 6.45) is 1.07. The lowest BCUT2D eigenvalue weighted by molar-refractivity contribution is -0.149. The minimum atomic E-state index is -3.02. The number of likely N-dealkylation sites (N-methyl/N-ethyl adjacent to an activating group) is 2. The van der Waals surface area contributed by atoms with Gasteiger partial charge in [-0.1, -0.05) is 30.3 Å². The molecular formula is C52H46N6O14S2. The van der Waals surface area contributed by atoms with E-state index in [2.05, 4.69) is 10.3 Å². The molecule has 11 N–H and O–H groups in total. The zero-order valence-electron chi connectivity index (χ0n) is 39.6. The maximum Gasteiger partial charge on any atom is 0.263 e. The van der Waals surface area contributed by atoms with E-state index in [1.807, 2.05) is 0 Å². The highest BCUT2D eigenvalue weighted by molar-refractivity contribution is 7.18. The van der Waals surface area contributed by atoms with Crippen molar-refractivity contribution >= 4 is 73.5 Å². The van der Waals surface area contributed by atoms with Crippen molar-refractivity contribution in [3.63, 3.8) is 0 Å². The lowest BCUT2D eigenvalue weighted by Gasteiger charge is -2.51. The number of carbonyl (C=O) groups excluding carboxylic acids is 6. The molecule has 2 heterocycles. The Hall–Kier alpha value is -7.60. The van der Waals surface area contributed by atoms with Crippen LogP contribution in [0.25, 0.3) is 10.2 Å². The third-order valence-electron chi connectivity index (χ3n) is 15.9. The van der Waals surface area contributed by atoms with Crippen molar-refractivity contribution in [2.24, 2.45) is 29.4 Å². The van der Waals surface area contributed by atoms with Gasteiger partial charge in [0.05, 0.1) is 39.1 Å². The minimum Gasteiger partial charge on any atom is -0.510 e. The van der Waals surface area contributed by atoms with E-state index in [1.165, 1.54) is 78.9 Å². The third-order valence-corrected chi connectivity index (χ3v) is 17.9. The number of hydrogen-bond acceptors (Lipinski definition) is 20. The number of carbonyl (C=O) groups is 6. The summed E-state index contributed by atoms with van der Waals surface area (Å²) in [7, 11) is 6.02. The molecule has 0 radical (unpaired) electrons. The molecule has 0 fully saturated rings. The number of aliphatic hydroxyl groups is 6. The van der Waals surface area contributed by atoms with Crippen LogP contribution in [0.3, 0.4) is 0 Å². The van der Waals surface area contributed by atoms with Gasteiger partial charge in [0, 0.05) is 58.2 Å². The van der Waals surface area contributed by atoms with Crippen LogP contribution in [0.1, 0.15) is 66.5 Å². The average molecular weight is 1040 g/mol. The summed E-state index contributed by atoms with van der Waals surface area (Å²) >= 11 is 2.47. The van der Waals surface area contributed by atoms with Gasteiger partial charge in [0.1, 0.15) is 49.9 Å². The number of ketones is 4. The minimum absolute atomic E-state index is 0.132. The number of primary amides is 1. The van der Waals surface area contributed by atoms with Crippen LogP contribution >= 0.6 is 22.7 Å². The molecule has 0 unspecified atom stereocenters. The number of nitrogens with zero attached hydrogens (tertiary/aromatic N) is 4. The summed E-state index contributed by atoms with van der Waals surface area (Å²) in [5.74, 6) is -19.5. The Balaban J connectivity index is 1.03. The van der Waals surface area contributed by atoms with Crippen LogP contribution < -0.4 is 11.1 Å². The largest absolute Gasteiger partial charge is 0.510 e. The maximum absolute atomic E-state index is 15.1. The van der Waals surface area contributed by atoms with Crippen molar-refractivity contribution in [1.82, 2.24) is 19.8 Å². The molecule has 0 spiro atoms. The Labute approximate surface area is 427 Å². The third kappa shape index (κ3) is 6.38. The molecule has 22 heteroatoms. The highest BCUT2D eigenvalue weighted by atomic mass is 32.1. The lowest BCUT2D eigenvalue weighted by Crippen LogP contribution is -2.64. The van der Waals surface area contributed by atoms with Gasteiger partial charge < -0.3 is 51.9 Å². The molecule has 6 aliphatic rings. The second-order valence-electron chi connectivity index (χ2n) is 19.9. The molecule has 0 saturated carbocycles. The molecule has 3 aromatic carbocycles. The summed E-state index contributed by atoms with van der Waals surface area (Å²) in [4.78, 5) is 98.0. The number of anilines is 1. The van der Waals surface area contributed by atoms with Crippen molar-refractivity contribution in [2.75, 3.05) is 33.5 Å². The van der Waals surface area contributed by atoms with Gasteiger partial charge in [0.15, 0.2) is 28.5 Å². The van der Waals surface area contributed by atoms with Crippen molar-refractivity contribution < 1.29 is 69.6 Å². The zero-order valence-corrected chi connectivity index (χ0v) is 41.2. The number of fused-ring (bicyclic) bond motifs is 7. The second-order valence-corrected chi connectivity index (χ2v) is 21.9. The van der Waals surface area contributed by atoms with Crippen LogP contribution in [-0.2, 0) is 19.2 Å². The number of aromatic hydroxyl groups is 2. The van der Waals surface area contributed by atoms with Crippen LogP contribution in [0.4, 0.5) is 5.69 Å². The number of allylic oxidation sites excluding steroid dienone is 2. The molecule has 0 saturated heterocycles. The van der Waals surface area contributed by atoms with Crippen LogP contribution in [0.15, 0.2) is 112 Å². The predicted octanol–water partition coefficient (Wildman–Crippen LogP) is 3.95. The molecule has 20 nitrogen and oxygen atoms in total. The number of Topliss-reactive ketones (excluding diaryl/α,β-unsaturated/α-hetero) is 4. The van der Waals surface area contributed by atoms with Gasteiger partial charge in [0.2, 0.25) is 11.6 Å². The van der Waals surface area contributed by atoms with Gasteiger partial charge in [-0.25, -0.2) is 9.97 Å². The Morgan fingerprint density at radius 1 is 0.703 bits per heavy atom. The number of nitrogens with two attached hydrogens (primary N) is 1. The van der Waals surface area contributed by atoms with Gasteiger partial charge in [-0.3, -0.25) is 38.6 Å². The van der Waals surface area contributed by atoms with E-state index in [-0.39, 0.29) is 29.5 Å². The number of rotatable bonds is 7. The number of aromatic nitrogens is 2. The summed E-state index contributed by atoms with van der Waals surface area (Å²) in [5, 5.41) is 101. The van der Waals surface area contributed by atoms with E-state index in [0.717, 1.165) is 4.70 Å². The van der Waals surface area contributed by atoms with E-state index < -0.39 is 156 Å². The number of phenols is 2. The summed E-state index contributed by atoms with van der Waals surface area (Å²) in [5.41, 5.74) is -3.60. The molecule has 74 heavy (non-hydrogen) atoms. The number of amides is 2. The summed E-state index contributed by atoms with van der Waals surface area (Å²) < 4.78 is 0.720. The zero-order chi connectivity index (χ0) is 52.9. The molecule has 6 aliphatic carbocycles. The van der Waals surface area contributed by atoms with Gasteiger partial charge in [-0.2, -0.15) is 0 Å². The SMILES string of the molecule is CN(C)[C@@H]1C(O)=C(C(=O)Nc2ccc3c(c2O)C(=O)C2=C(O)[C@]4(O)C(=O)C(C(N)=O)=C(O)[C@@H](N(C)C)[C@@H]4C[C@@H]2[C@H]3c2nc3ccccc3s2)C(=O)[C@@]2(O)C(O)=C3C(=O)c4c(O)cccc4[C@H](c4nccs4)[C@H]3C[C@@H]12. The fraction of sp³-hybridized carbons (Fsp3) is 0.308. The molecule has 5 aromatic rings. The Kier molecular flexibility index (Phi) is 11.0. The Morgan fingerprint density at radius 3 is 1.82 bits per heavy atom. The van der Waals surface area contributed by atoms with Crippen molar-refractivity contribution in [1.29, 1.82) is 0 Å². The van der Waals surface area contributed by atoms with Crippen molar-refractivity contribution in [3.8, 4) is 11.5 Å². The van der Waals surface area contributed by atoms with Crippen LogP contribution in [0.5, 0.6) is 11.5 Å². The number of hydrogen-bond donors (Lipinski definition) is 10. The van der Waals surface area contributed by atoms with Gasteiger partial charge >= 0.3 is 0 Å². The molecule has 0 aliphatic heterocycles. The summed E-state index contributed by atoms with van der Waals surface area (Å²) in [6, 6.07) is 11.5. The topological polar surface area (TPSA) is 335 Å². The molecule has 10 atom stereocenters. The van der Waals surface area contributed by atoms with E-state index in [9.17, 15) is 64.8 Å². The van der Waals surface area contributed by atoms with Gasteiger partial charge in [-0.05, 0) is 76.4 Å². The number of phenolic OH excluding ortho intramolecular Hbond substituents is 2. The molecule has 2 aromatic heterocycles. The lowest BCUT2D eigenvalue weighted by atomic mass is 9.56. The molecular weight excluding hydrogens is 997 g/mol. The number of para-hydroxylation sites is 1. The first-order chi connectivity index (χ1) is 35.1. The van der Waals surface area contributed by atoms with Crippen LogP contribution in [-0.4, -0.2) is 147 Å². The predicted molar refractivity (Wildman–Crippen MR) is 265 cm³/mol. The smallest absolute Gasteiger partial charge is 0.263 e. The van der Waals surface area contributed by atoms with Crippen LogP contribution in [0, 0.1) is 23.7 Å². The maximum atomic E-state index is 15.1. The summed E-state index contributed by atoms with van der Waals surface area (Å²) in [6.45, 7) is 0. The number of thiazole rings is 2. The number of benzene rings is 3. The van der Waals surface area contributed by atoms with Crippen LogP contribution in [0.2, 0.25) is 0 Å².